The fourth-order valence-electron chi connectivity index (χ4n) is 5.68. The van der Waals surface area contributed by atoms with Crippen molar-refractivity contribution in [2.75, 3.05) is 19.0 Å². The molecule has 0 spiro atoms. The van der Waals surface area contributed by atoms with Crippen LogP contribution in [0.3, 0.4) is 0 Å². The zero-order valence-corrected chi connectivity index (χ0v) is 24.2. The first-order chi connectivity index (χ1) is 18.7. The van der Waals surface area contributed by atoms with E-state index in [0.29, 0.717) is 24.3 Å². The second kappa shape index (κ2) is 12.9. The molecule has 1 aromatic heterocycles. The second-order valence-electron chi connectivity index (χ2n) is 10.9. The number of ether oxygens (including phenoxy) is 2. The zero-order chi connectivity index (χ0) is 28.0. The van der Waals surface area contributed by atoms with Gasteiger partial charge in [0.2, 0.25) is 0 Å². The Hall–Kier alpha value is -3.05. The number of nitrogens with one attached hydrogen (secondary N) is 1. The van der Waals surface area contributed by atoms with Crippen molar-refractivity contribution >= 4 is 19.9 Å². The van der Waals surface area contributed by atoms with E-state index in [9.17, 15) is 9.59 Å². The number of aromatic nitrogens is 3. The molecule has 0 saturated carbocycles. The Balaban J connectivity index is 1.36. The van der Waals surface area contributed by atoms with Gasteiger partial charge in [0.15, 0.2) is 8.32 Å². The molecule has 1 fully saturated rings. The smallest absolute Gasteiger partial charge is 0.255 e. The van der Waals surface area contributed by atoms with Crippen LogP contribution in [0, 0.1) is 5.92 Å². The average molecular weight is 553 g/mol. The summed E-state index contributed by atoms with van der Waals surface area (Å²) < 4.78 is 13.5. The van der Waals surface area contributed by atoms with Crippen LogP contribution in [0.5, 0.6) is 5.75 Å². The number of aryl methyl sites for hydroxylation is 2. The highest BCUT2D eigenvalue weighted by molar-refractivity contribution is 6.71. The number of methoxy groups -OCH3 is 1. The molecule has 0 aliphatic carbocycles. The van der Waals surface area contributed by atoms with Crippen LogP contribution in [-0.2, 0) is 24.1 Å². The van der Waals surface area contributed by atoms with Crippen molar-refractivity contribution in [3.05, 3.63) is 71.5 Å². The van der Waals surface area contributed by atoms with Gasteiger partial charge in [0, 0.05) is 42.6 Å². The molecule has 0 bridgehead atoms. The minimum Gasteiger partial charge on any atom is -0.497 e. The van der Waals surface area contributed by atoms with Crippen molar-refractivity contribution in [3.8, 4) is 5.75 Å². The van der Waals surface area contributed by atoms with E-state index in [4.69, 9.17) is 14.6 Å². The molecule has 2 heterocycles. The fraction of sp³-hybridized carbons (Fsp3) is 0.483. The third-order valence-electron chi connectivity index (χ3n) is 7.57. The van der Waals surface area contributed by atoms with Crippen LogP contribution in [0.4, 0.5) is 5.69 Å². The molecule has 2 aromatic carbocycles. The van der Waals surface area contributed by atoms with Crippen LogP contribution in [0.25, 0.3) is 0 Å². The summed E-state index contributed by atoms with van der Waals surface area (Å²) in [7, 11) is -0.874. The van der Waals surface area contributed by atoms with Gasteiger partial charge in [-0.2, -0.15) is 0 Å². The Kier molecular flexibility index (Phi) is 9.55. The van der Waals surface area contributed by atoms with Gasteiger partial charge in [0.05, 0.1) is 25.0 Å². The maximum atomic E-state index is 12.7. The number of carbonyl (C=O) groups is 1. The van der Waals surface area contributed by atoms with Gasteiger partial charge in [-0.3, -0.25) is 9.48 Å². The summed E-state index contributed by atoms with van der Waals surface area (Å²) >= 11 is 0. The Bertz CT molecular complexity index is 1230. The van der Waals surface area contributed by atoms with Gasteiger partial charge in [-0.05, 0) is 80.2 Å². The summed E-state index contributed by atoms with van der Waals surface area (Å²) in [4.78, 5) is 23.8. The molecule has 1 aliphatic rings. The molecule has 10 heteroatoms. The number of aliphatic hydroxyl groups excluding tert-OH is 1. The van der Waals surface area contributed by atoms with Gasteiger partial charge in [0.1, 0.15) is 5.75 Å². The van der Waals surface area contributed by atoms with E-state index in [0.717, 1.165) is 36.2 Å². The fourth-order valence-corrected chi connectivity index (χ4v) is 8.33. The minimum atomic E-state index is -2.47. The van der Waals surface area contributed by atoms with Crippen LogP contribution in [0.2, 0.25) is 18.6 Å². The molecule has 1 saturated heterocycles. The highest BCUT2D eigenvalue weighted by atomic mass is 28.4. The standard InChI is InChI=1S/C29H40N4O5Si/c1-20-26(38-27(28(20)39(3,4)36)14-16-33-19-24(15-17-34)31-32-33)13-8-21-6-5-7-23(18-21)30-29(35)22-9-11-25(37-2)12-10-22/h5-7,9-12,18-20,26-28,34,36H,8,13-17H2,1-4H3,(H,30,35)/t20-,26+,27-,28+/m1/s1. The average Bonchev–Trinajstić information content (AvgIpc) is 3.50. The van der Waals surface area contributed by atoms with Gasteiger partial charge < -0.3 is 24.7 Å². The van der Waals surface area contributed by atoms with Crippen molar-refractivity contribution in [2.45, 2.75) is 70.0 Å². The molecule has 4 atom stereocenters. The van der Waals surface area contributed by atoms with Crippen LogP contribution in [-0.4, -0.2) is 65.0 Å². The molecule has 3 N–H and O–H groups in total. The molecule has 3 aromatic rings. The number of benzene rings is 2. The number of anilines is 1. The third kappa shape index (κ3) is 7.54. The van der Waals surface area contributed by atoms with Crippen molar-refractivity contribution in [1.29, 1.82) is 0 Å². The predicted molar refractivity (Wildman–Crippen MR) is 152 cm³/mol. The zero-order valence-electron chi connectivity index (χ0n) is 23.2. The number of carbonyl (C=O) groups excluding carboxylic acids is 1. The van der Waals surface area contributed by atoms with E-state index in [2.05, 4.69) is 28.6 Å². The lowest BCUT2D eigenvalue weighted by Crippen LogP contribution is -2.40. The molecule has 1 amide bonds. The topological polar surface area (TPSA) is 119 Å². The number of rotatable bonds is 12. The molecule has 9 nitrogen and oxygen atoms in total. The van der Waals surface area contributed by atoms with E-state index in [1.54, 1.807) is 36.1 Å². The number of nitrogens with zero attached hydrogens (tertiary/aromatic N) is 3. The maximum absolute atomic E-state index is 12.7. The van der Waals surface area contributed by atoms with Crippen molar-refractivity contribution in [3.63, 3.8) is 0 Å². The first-order valence-corrected chi connectivity index (χ1v) is 16.6. The predicted octanol–water partition coefficient (Wildman–Crippen LogP) is 4.07. The minimum absolute atomic E-state index is 0.0390. The van der Waals surface area contributed by atoms with Crippen molar-refractivity contribution in [1.82, 2.24) is 15.0 Å². The molecular formula is C29H40N4O5Si. The molecule has 0 unspecified atom stereocenters. The van der Waals surface area contributed by atoms with E-state index in [-0.39, 0.29) is 36.2 Å². The number of aliphatic hydroxyl groups is 1. The number of amides is 1. The first kappa shape index (κ1) is 28.9. The van der Waals surface area contributed by atoms with E-state index in [1.165, 1.54) is 0 Å². The van der Waals surface area contributed by atoms with Crippen molar-refractivity contribution in [2.24, 2.45) is 5.92 Å². The third-order valence-corrected chi connectivity index (χ3v) is 10.1. The van der Waals surface area contributed by atoms with Crippen molar-refractivity contribution < 1.29 is 24.2 Å². The molecule has 1 aliphatic heterocycles. The maximum Gasteiger partial charge on any atom is 0.255 e. The van der Waals surface area contributed by atoms with Gasteiger partial charge in [-0.1, -0.05) is 24.3 Å². The lowest BCUT2D eigenvalue weighted by Gasteiger charge is -2.30. The molecule has 39 heavy (non-hydrogen) atoms. The van der Waals surface area contributed by atoms with Gasteiger partial charge in [-0.15, -0.1) is 5.10 Å². The number of hydrogen-bond donors (Lipinski definition) is 3. The monoisotopic (exact) mass is 552 g/mol. The van der Waals surface area contributed by atoms with Crippen LogP contribution < -0.4 is 10.1 Å². The van der Waals surface area contributed by atoms with Crippen LogP contribution >= 0.6 is 0 Å². The van der Waals surface area contributed by atoms with Crippen LogP contribution in [0.15, 0.2) is 54.7 Å². The lowest BCUT2D eigenvalue weighted by atomic mass is 9.95. The Morgan fingerprint density at radius 2 is 1.90 bits per heavy atom. The summed E-state index contributed by atoms with van der Waals surface area (Å²) in [6.45, 7) is 6.89. The van der Waals surface area contributed by atoms with Crippen LogP contribution in [0.1, 0.15) is 41.4 Å². The van der Waals surface area contributed by atoms with Gasteiger partial charge in [-0.25, -0.2) is 0 Å². The summed E-state index contributed by atoms with van der Waals surface area (Å²) in [5.74, 6) is 0.777. The molecular weight excluding hydrogens is 512 g/mol. The van der Waals surface area contributed by atoms with E-state index in [1.807, 2.05) is 37.5 Å². The summed E-state index contributed by atoms with van der Waals surface area (Å²) in [5, 5.41) is 20.4. The highest BCUT2D eigenvalue weighted by Gasteiger charge is 2.49. The Morgan fingerprint density at radius 1 is 1.13 bits per heavy atom. The summed E-state index contributed by atoms with van der Waals surface area (Å²) in [6, 6.07) is 14.9. The highest BCUT2D eigenvalue weighted by Crippen LogP contribution is 2.45. The van der Waals surface area contributed by atoms with E-state index < -0.39 is 8.32 Å². The molecule has 210 valence electrons. The van der Waals surface area contributed by atoms with Gasteiger partial charge >= 0.3 is 0 Å². The largest absolute Gasteiger partial charge is 0.497 e. The van der Waals surface area contributed by atoms with E-state index >= 15 is 0 Å². The van der Waals surface area contributed by atoms with Gasteiger partial charge in [0.25, 0.3) is 5.91 Å². The quantitative estimate of drug-likeness (QED) is 0.290. The molecule has 4 rings (SSSR count). The normalized spacial score (nSPS) is 21.2. The first-order valence-electron chi connectivity index (χ1n) is 13.6. The SMILES string of the molecule is COc1ccc(C(=O)Nc2cccc(CC[C@@H]3O[C@H](CCn4cc(CCO)nn4)[C@@H]([Si](C)(C)O)[C@@H]3C)c2)cc1. The molecule has 0 radical (unpaired) electrons. The Morgan fingerprint density at radius 3 is 2.59 bits per heavy atom. The summed E-state index contributed by atoms with van der Waals surface area (Å²) in [6.07, 6.45) is 4.74. The second-order valence-corrected chi connectivity index (χ2v) is 14.9. The number of hydrogen-bond acceptors (Lipinski definition) is 7. The lowest BCUT2D eigenvalue weighted by molar-refractivity contribution is 0.0245. The summed E-state index contributed by atoms with van der Waals surface area (Å²) in [5.41, 5.74) is 3.34. The Labute approximate surface area is 231 Å².